The van der Waals surface area contributed by atoms with E-state index in [0.29, 0.717) is 0 Å². The van der Waals surface area contributed by atoms with E-state index in [1.54, 1.807) is 0 Å². The Morgan fingerprint density at radius 1 is 1.17 bits per heavy atom. The van der Waals surface area contributed by atoms with Gasteiger partial charge in [-0.25, -0.2) is 0 Å². The summed E-state index contributed by atoms with van der Waals surface area (Å²) in [7, 11) is 0. The Hall–Kier alpha value is -1.32. The van der Waals surface area contributed by atoms with E-state index in [4.69, 9.17) is 11.6 Å². The average Bonchev–Trinajstić information content (AvgIpc) is 3.10. The van der Waals surface area contributed by atoms with E-state index in [1.165, 1.54) is 5.92 Å². The molecule has 0 unspecified atom stereocenters. The number of aromatic nitrogens is 1. The molecular formula is C20H23ClN3. The zero-order valence-corrected chi connectivity index (χ0v) is 14.8. The lowest BCUT2D eigenvalue weighted by atomic mass is 10.1. The molecule has 0 saturated heterocycles. The van der Waals surface area contributed by atoms with Crippen molar-refractivity contribution in [2.24, 2.45) is 0 Å². The first-order valence-electron chi connectivity index (χ1n) is 8.47. The molecule has 0 atom stereocenters. The molecule has 0 spiro atoms. The fourth-order valence-electron chi connectivity index (χ4n) is 2.93. The van der Waals surface area contributed by atoms with Gasteiger partial charge in [0.15, 0.2) is 0 Å². The maximum absolute atomic E-state index is 6.04. The lowest BCUT2D eigenvalue weighted by molar-refractivity contribution is 0.303. The molecule has 2 aromatic rings. The van der Waals surface area contributed by atoms with E-state index in [1.807, 2.05) is 30.5 Å². The molecule has 0 bridgehead atoms. The van der Waals surface area contributed by atoms with Crippen molar-refractivity contribution >= 4 is 28.2 Å². The Balaban J connectivity index is 1.49. The zero-order valence-electron chi connectivity index (χ0n) is 14.0. The van der Waals surface area contributed by atoms with Gasteiger partial charge in [0.05, 0.1) is 5.52 Å². The van der Waals surface area contributed by atoms with Gasteiger partial charge in [-0.3, -0.25) is 4.98 Å². The number of halogens is 1. The first kappa shape index (κ1) is 17.5. The van der Waals surface area contributed by atoms with Crippen LogP contribution in [-0.4, -0.2) is 36.1 Å². The number of pyridine rings is 1. The molecule has 1 aromatic carbocycles. The van der Waals surface area contributed by atoms with Crippen LogP contribution in [0.4, 0.5) is 5.69 Å². The molecule has 4 heteroatoms. The number of nitrogens with one attached hydrogen (secondary N) is 1. The quantitative estimate of drug-likeness (QED) is 0.721. The molecule has 1 aliphatic carbocycles. The number of hydrogen-bond donors (Lipinski definition) is 1. The molecule has 1 aromatic heterocycles. The summed E-state index contributed by atoms with van der Waals surface area (Å²) in [6, 6.07) is 7.87. The highest BCUT2D eigenvalue weighted by molar-refractivity contribution is 6.31. The van der Waals surface area contributed by atoms with Crippen molar-refractivity contribution in [2.75, 3.05) is 31.5 Å². The van der Waals surface area contributed by atoms with Crippen molar-refractivity contribution in [3.63, 3.8) is 0 Å². The van der Waals surface area contributed by atoms with Gasteiger partial charge < -0.3 is 10.2 Å². The van der Waals surface area contributed by atoms with Crippen LogP contribution < -0.4 is 5.32 Å². The molecule has 125 valence electrons. The van der Waals surface area contributed by atoms with Crippen LogP contribution in [0.3, 0.4) is 0 Å². The number of nitrogens with zero attached hydrogens (tertiary/aromatic N) is 2. The Labute approximate surface area is 150 Å². The van der Waals surface area contributed by atoms with Crippen LogP contribution in [0.1, 0.15) is 13.3 Å². The maximum Gasteiger partial charge on any atom is 0.0737 e. The summed E-state index contributed by atoms with van der Waals surface area (Å²) in [6.07, 6.45) is 11.5. The molecule has 1 fully saturated rings. The number of fused-ring (bicyclic) bond motifs is 1. The van der Waals surface area contributed by atoms with Gasteiger partial charge in [0.1, 0.15) is 0 Å². The van der Waals surface area contributed by atoms with Crippen molar-refractivity contribution in [2.45, 2.75) is 13.3 Å². The second-order valence-corrected chi connectivity index (χ2v) is 6.40. The summed E-state index contributed by atoms with van der Waals surface area (Å²) in [4.78, 5) is 6.86. The molecule has 3 rings (SSSR count). The monoisotopic (exact) mass is 340 g/mol. The molecule has 0 amide bonds. The number of anilines is 1. The molecular weight excluding hydrogens is 318 g/mol. The highest BCUT2D eigenvalue weighted by Crippen LogP contribution is 2.25. The van der Waals surface area contributed by atoms with E-state index in [9.17, 15) is 0 Å². The van der Waals surface area contributed by atoms with Gasteiger partial charge in [-0.2, -0.15) is 0 Å². The number of hydrogen-bond acceptors (Lipinski definition) is 3. The highest BCUT2D eigenvalue weighted by Gasteiger charge is 2.19. The van der Waals surface area contributed by atoms with Gasteiger partial charge in [0.2, 0.25) is 0 Å². The van der Waals surface area contributed by atoms with E-state index in [-0.39, 0.29) is 0 Å². The summed E-state index contributed by atoms with van der Waals surface area (Å²) in [5.74, 6) is 1.39. The minimum absolute atomic E-state index is 0.721. The van der Waals surface area contributed by atoms with Crippen molar-refractivity contribution in [1.82, 2.24) is 9.88 Å². The standard InChI is InChI=1S/C20H23ClN3/c1-2-24(15-16-6-3-4-7-16)13-5-11-22-19-10-12-23-20-14-17(21)8-9-18(19)20/h3-4,6-10,12,14H,2,5,11,13,15H2,1H3,(H,22,23). The lowest BCUT2D eigenvalue weighted by Crippen LogP contribution is -2.30. The van der Waals surface area contributed by atoms with Crippen LogP contribution in [-0.2, 0) is 0 Å². The second-order valence-electron chi connectivity index (χ2n) is 5.96. The van der Waals surface area contributed by atoms with Crippen LogP contribution in [0.25, 0.3) is 10.9 Å². The normalized spacial score (nSPS) is 15.5. The molecule has 1 saturated carbocycles. The first-order chi connectivity index (χ1) is 11.8. The van der Waals surface area contributed by atoms with E-state index in [0.717, 1.165) is 54.2 Å². The minimum Gasteiger partial charge on any atom is -0.384 e. The SMILES string of the molecule is CCN(CCCNc1ccnc2cc(Cl)ccc12)C[C]1[CH][CH][CH][CH]1. The van der Waals surface area contributed by atoms with Crippen LogP contribution in [0.2, 0.25) is 5.02 Å². The van der Waals surface area contributed by atoms with Crippen LogP contribution in [0, 0.1) is 31.6 Å². The molecule has 3 nitrogen and oxygen atoms in total. The summed E-state index contributed by atoms with van der Waals surface area (Å²) in [6.45, 7) is 6.35. The third-order valence-corrected chi connectivity index (χ3v) is 4.49. The minimum atomic E-state index is 0.721. The number of benzene rings is 1. The number of rotatable bonds is 8. The van der Waals surface area contributed by atoms with E-state index < -0.39 is 0 Å². The summed E-state index contributed by atoms with van der Waals surface area (Å²) in [5, 5.41) is 5.37. The molecule has 5 radical (unpaired) electrons. The third kappa shape index (κ3) is 4.61. The average molecular weight is 341 g/mol. The molecule has 1 heterocycles. The Morgan fingerprint density at radius 3 is 2.79 bits per heavy atom. The zero-order chi connectivity index (χ0) is 16.8. The van der Waals surface area contributed by atoms with Gasteiger partial charge in [-0.15, -0.1) is 0 Å². The largest absolute Gasteiger partial charge is 0.384 e. The van der Waals surface area contributed by atoms with E-state index in [2.05, 4.69) is 47.8 Å². The molecule has 1 N–H and O–H groups in total. The van der Waals surface area contributed by atoms with Crippen molar-refractivity contribution in [3.05, 3.63) is 67.1 Å². The first-order valence-corrected chi connectivity index (χ1v) is 8.85. The van der Waals surface area contributed by atoms with Crippen molar-refractivity contribution in [1.29, 1.82) is 0 Å². The summed E-state index contributed by atoms with van der Waals surface area (Å²) >= 11 is 6.04. The fourth-order valence-corrected chi connectivity index (χ4v) is 3.09. The third-order valence-electron chi connectivity index (χ3n) is 4.26. The smallest absolute Gasteiger partial charge is 0.0737 e. The van der Waals surface area contributed by atoms with Gasteiger partial charge in [0.25, 0.3) is 0 Å². The predicted molar refractivity (Wildman–Crippen MR) is 102 cm³/mol. The van der Waals surface area contributed by atoms with Crippen LogP contribution in [0.5, 0.6) is 0 Å². The fraction of sp³-hybridized carbons (Fsp3) is 0.300. The van der Waals surface area contributed by atoms with E-state index >= 15 is 0 Å². The maximum atomic E-state index is 6.04. The topological polar surface area (TPSA) is 28.2 Å². The molecule has 0 aliphatic heterocycles. The molecule has 1 aliphatic rings. The summed E-state index contributed by atoms with van der Waals surface area (Å²) < 4.78 is 0. The predicted octanol–water partition coefficient (Wildman–Crippen LogP) is 4.42. The van der Waals surface area contributed by atoms with Gasteiger partial charge >= 0.3 is 0 Å². The molecule has 24 heavy (non-hydrogen) atoms. The van der Waals surface area contributed by atoms with Crippen LogP contribution >= 0.6 is 11.6 Å². The lowest BCUT2D eigenvalue weighted by Gasteiger charge is -2.23. The van der Waals surface area contributed by atoms with Crippen LogP contribution in [0.15, 0.2) is 30.5 Å². The Morgan fingerprint density at radius 2 is 2.00 bits per heavy atom. The van der Waals surface area contributed by atoms with Gasteiger partial charge in [0, 0.05) is 35.4 Å². The van der Waals surface area contributed by atoms with Gasteiger partial charge in [-0.05, 0) is 75.4 Å². The summed E-state index contributed by atoms with van der Waals surface area (Å²) in [5.41, 5.74) is 2.05. The Kier molecular flexibility index (Phi) is 6.33. The second kappa shape index (κ2) is 8.68. The Bertz CT molecular complexity index is 652. The highest BCUT2D eigenvalue weighted by atomic mass is 35.5. The van der Waals surface area contributed by atoms with Crippen molar-refractivity contribution in [3.8, 4) is 0 Å². The van der Waals surface area contributed by atoms with Gasteiger partial charge in [-0.1, -0.05) is 18.5 Å². The van der Waals surface area contributed by atoms with Crippen molar-refractivity contribution < 1.29 is 0 Å².